The molecule has 1 fully saturated rings. The van der Waals surface area contributed by atoms with Crippen LogP contribution in [0.1, 0.15) is 12.0 Å². The summed E-state index contributed by atoms with van der Waals surface area (Å²) in [6, 6.07) is 8.35. The average Bonchev–Trinajstić information content (AvgIpc) is 2.57. The van der Waals surface area contributed by atoms with Gasteiger partial charge in [0, 0.05) is 51.4 Å². The first-order valence-corrected chi connectivity index (χ1v) is 10.3. The van der Waals surface area contributed by atoms with Crippen molar-refractivity contribution in [3.63, 3.8) is 0 Å². The van der Waals surface area contributed by atoms with Crippen LogP contribution in [0.4, 0.5) is 5.69 Å². The normalized spacial score (nSPS) is 15.5. The van der Waals surface area contributed by atoms with Gasteiger partial charge in [-0.15, -0.1) is 6.58 Å². The number of anilines is 1. The van der Waals surface area contributed by atoms with Crippen LogP contribution in [0.25, 0.3) is 0 Å². The van der Waals surface area contributed by atoms with E-state index in [0.717, 1.165) is 19.3 Å². The number of aryl methyl sites for hydroxylation is 1. The van der Waals surface area contributed by atoms with Crippen LogP contribution in [0.5, 0.6) is 0 Å². The Kier molecular flexibility index (Phi) is 6.61. The van der Waals surface area contributed by atoms with E-state index in [-0.39, 0.29) is 25.4 Å². The largest absolute Gasteiger partial charge is 0.368 e. The molecule has 0 spiro atoms. The zero-order chi connectivity index (χ0) is 18.4. The number of rotatable bonds is 7. The van der Waals surface area contributed by atoms with E-state index in [1.54, 1.807) is 0 Å². The van der Waals surface area contributed by atoms with Gasteiger partial charge < -0.3 is 9.80 Å². The molecule has 2 rings (SSSR count). The third kappa shape index (κ3) is 5.57. The van der Waals surface area contributed by atoms with Crippen LogP contribution in [-0.4, -0.2) is 69.1 Å². The lowest BCUT2D eigenvalue weighted by Gasteiger charge is -2.36. The number of amides is 1. The third-order valence-corrected chi connectivity index (χ3v) is 5.65. The first-order valence-electron chi connectivity index (χ1n) is 8.46. The number of benzene rings is 1. The number of hydrogen-bond donors (Lipinski definition) is 0. The summed E-state index contributed by atoms with van der Waals surface area (Å²) in [6.07, 6.45) is 2.89. The molecule has 1 amide bonds. The van der Waals surface area contributed by atoms with Crippen molar-refractivity contribution >= 4 is 21.6 Å². The highest BCUT2D eigenvalue weighted by molar-refractivity contribution is 7.88. The Labute approximate surface area is 150 Å². The molecule has 6 nitrogen and oxygen atoms in total. The molecule has 138 valence electrons. The van der Waals surface area contributed by atoms with E-state index in [4.69, 9.17) is 0 Å². The van der Waals surface area contributed by atoms with Gasteiger partial charge in [0.1, 0.15) is 0 Å². The van der Waals surface area contributed by atoms with Gasteiger partial charge in [-0.05, 0) is 24.6 Å². The summed E-state index contributed by atoms with van der Waals surface area (Å²) in [4.78, 5) is 16.5. The lowest BCUT2D eigenvalue weighted by Crippen LogP contribution is -2.49. The van der Waals surface area contributed by atoms with Gasteiger partial charge in [-0.1, -0.05) is 18.2 Å². The molecule has 1 aromatic carbocycles. The molecule has 0 unspecified atom stereocenters. The summed E-state index contributed by atoms with van der Waals surface area (Å²) in [6.45, 7) is 8.96. The smallest absolute Gasteiger partial charge is 0.224 e. The number of nitrogens with zero attached hydrogens (tertiary/aromatic N) is 3. The maximum absolute atomic E-state index is 12.4. The maximum Gasteiger partial charge on any atom is 0.224 e. The third-order valence-electron chi connectivity index (χ3n) is 4.38. The lowest BCUT2D eigenvalue weighted by molar-refractivity contribution is -0.131. The first-order chi connectivity index (χ1) is 11.8. The standard InChI is InChI=1S/C18H27N3O3S/c1-4-9-21(25(3,23)24)10-8-18(22)20-13-11-19(12-14-20)17-7-5-6-16(2)15-17/h4-7,15H,1,8-14H2,2-3H3. The Balaban J connectivity index is 1.85. The average molecular weight is 365 g/mol. The van der Waals surface area contributed by atoms with Gasteiger partial charge in [-0.2, -0.15) is 4.31 Å². The minimum atomic E-state index is -3.32. The van der Waals surface area contributed by atoms with E-state index >= 15 is 0 Å². The maximum atomic E-state index is 12.4. The number of carbonyl (C=O) groups excluding carboxylic acids is 1. The Morgan fingerprint density at radius 2 is 1.96 bits per heavy atom. The zero-order valence-corrected chi connectivity index (χ0v) is 15.8. The van der Waals surface area contributed by atoms with Gasteiger partial charge in [0.05, 0.1) is 6.26 Å². The van der Waals surface area contributed by atoms with E-state index in [2.05, 4.69) is 36.6 Å². The van der Waals surface area contributed by atoms with Crippen LogP contribution in [0.3, 0.4) is 0 Å². The van der Waals surface area contributed by atoms with E-state index < -0.39 is 10.0 Å². The molecule has 0 aliphatic carbocycles. The highest BCUT2D eigenvalue weighted by Gasteiger charge is 2.23. The highest BCUT2D eigenvalue weighted by atomic mass is 32.2. The first kappa shape index (κ1) is 19.5. The molecule has 1 aromatic rings. The van der Waals surface area contributed by atoms with Crippen LogP contribution in [0.2, 0.25) is 0 Å². The number of carbonyl (C=O) groups is 1. The van der Waals surface area contributed by atoms with E-state index in [0.29, 0.717) is 13.1 Å². The van der Waals surface area contributed by atoms with Crippen LogP contribution >= 0.6 is 0 Å². The summed E-state index contributed by atoms with van der Waals surface area (Å²) in [5.41, 5.74) is 2.40. The molecule has 1 heterocycles. The molecular weight excluding hydrogens is 338 g/mol. The number of sulfonamides is 1. The Morgan fingerprint density at radius 3 is 2.52 bits per heavy atom. The summed E-state index contributed by atoms with van der Waals surface area (Å²) in [7, 11) is -3.32. The van der Waals surface area contributed by atoms with E-state index in [1.165, 1.54) is 21.6 Å². The second kappa shape index (κ2) is 8.49. The van der Waals surface area contributed by atoms with Gasteiger partial charge >= 0.3 is 0 Å². The van der Waals surface area contributed by atoms with Crippen LogP contribution in [0, 0.1) is 6.92 Å². The van der Waals surface area contributed by atoms with Crippen molar-refractivity contribution in [3.8, 4) is 0 Å². The van der Waals surface area contributed by atoms with Crippen molar-refractivity contribution in [3.05, 3.63) is 42.5 Å². The Bertz CT molecular complexity index is 710. The molecule has 7 heteroatoms. The summed E-state index contributed by atoms with van der Waals surface area (Å²) < 4.78 is 24.6. The quantitative estimate of drug-likeness (QED) is 0.687. The SMILES string of the molecule is C=CCN(CCC(=O)N1CCN(c2cccc(C)c2)CC1)S(C)(=O)=O. The van der Waals surface area contributed by atoms with Crippen molar-refractivity contribution in [1.29, 1.82) is 0 Å². The van der Waals surface area contributed by atoms with Crippen molar-refractivity contribution < 1.29 is 13.2 Å². The van der Waals surface area contributed by atoms with Gasteiger partial charge in [0.15, 0.2) is 0 Å². The topological polar surface area (TPSA) is 60.9 Å². The fraction of sp³-hybridized carbons (Fsp3) is 0.500. The molecule has 0 aromatic heterocycles. The van der Waals surface area contributed by atoms with Crippen molar-refractivity contribution in [1.82, 2.24) is 9.21 Å². The second-order valence-corrected chi connectivity index (χ2v) is 8.35. The molecule has 1 saturated heterocycles. The van der Waals surface area contributed by atoms with Crippen molar-refractivity contribution in [2.75, 3.05) is 50.4 Å². The summed E-state index contributed by atoms with van der Waals surface area (Å²) >= 11 is 0. The summed E-state index contributed by atoms with van der Waals surface area (Å²) in [5, 5.41) is 0. The van der Waals surface area contributed by atoms with E-state index in [9.17, 15) is 13.2 Å². The molecule has 0 bridgehead atoms. The summed E-state index contributed by atoms with van der Waals surface area (Å²) in [5.74, 6) is 0.00149. The fourth-order valence-electron chi connectivity index (χ4n) is 2.95. The molecule has 1 aliphatic heterocycles. The van der Waals surface area contributed by atoms with Gasteiger partial charge in [-0.25, -0.2) is 8.42 Å². The van der Waals surface area contributed by atoms with Gasteiger partial charge in [0.2, 0.25) is 15.9 Å². The molecule has 25 heavy (non-hydrogen) atoms. The molecular formula is C18H27N3O3S. The zero-order valence-electron chi connectivity index (χ0n) is 15.0. The van der Waals surface area contributed by atoms with Crippen LogP contribution in [0.15, 0.2) is 36.9 Å². The lowest BCUT2D eigenvalue weighted by atomic mass is 10.2. The molecule has 0 radical (unpaired) electrons. The second-order valence-electron chi connectivity index (χ2n) is 6.37. The predicted molar refractivity (Wildman–Crippen MR) is 101 cm³/mol. The molecule has 0 N–H and O–H groups in total. The van der Waals surface area contributed by atoms with E-state index in [1.807, 2.05) is 11.0 Å². The molecule has 0 saturated carbocycles. The van der Waals surface area contributed by atoms with Crippen LogP contribution in [-0.2, 0) is 14.8 Å². The van der Waals surface area contributed by atoms with Crippen molar-refractivity contribution in [2.45, 2.75) is 13.3 Å². The number of hydrogen-bond acceptors (Lipinski definition) is 4. The van der Waals surface area contributed by atoms with Crippen molar-refractivity contribution in [2.24, 2.45) is 0 Å². The number of piperazine rings is 1. The predicted octanol–water partition coefficient (Wildman–Crippen LogP) is 1.48. The molecule has 1 aliphatic rings. The monoisotopic (exact) mass is 365 g/mol. The highest BCUT2D eigenvalue weighted by Crippen LogP contribution is 2.18. The minimum absolute atomic E-state index is 0.00149. The minimum Gasteiger partial charge on any atom is -0.368 e. The molecule has 0 atom stereocenters. The Morgan fingerprint density at radius 1 is 1.28 bits per heavy atom. The van der Waals surface area contributed by atoms with Crippen LogP contribution < -0.4 is 4.90 Å². The Hall–Kier alpha value is -1.86. The van der Waals surface area contributed by atoms with Gasteiger partial charge in [0.25, 0.3) is 0 Å². The fourth-order valence-corrected chi connectivity index (χ4v) is 3.75. The van der Waals surface area contributed by atoms with Gasteiger partial charge in [-0.3, -0.25) is 4.79 Å².